The Hall–Kier alpha value is -1.96. The lowest BCUT2D eigenvalue weighted by molar-refractivity contribution is -0.140. The SMILES string of the molecule is COc1ccc(CCN(Cc2cccs2)C(=O)CN(CC(C)C)C(=O)C(Cl)Cl)cc1OC. The Labute approximate surface area is 204 Å². The maximum absolute atomic E-state index is 13.2. The number of rotatable bonds is 12. The molecule has 0 unspecified atom stereocenters. The summed E-state index contributed by atoms with van der Waals surface area (Å²) in [5.74, 6) is 0.872. The summed E-state index contributed by atoms with van der Waals surface area (Å²) in [6, 6.07) is 9.66. The molecule has 0 atom stereocenters. The van der Waals surface area contributed by atoms with Crippen molar-refractivity contribution in [1.82, 2.24) is 9.80 Å². The molecule has 1 heterocycles. The summed E-state index contributed by atoms with van der Waals surface area (Å²) < 4.78 is 10.7. The molecule has 0 fully saturated rings. The van der Waals surface area contributed by atoms with Gasteiger partial charge < -0.3 is 19.3 Å². The van der Waals surface area contributed by atoms with Gasteiger partial charge in [0.2, 0.25) is 5.91 Å². The molecular formula is C23H30Cl2N2O4S. The summed E-state index contributed by atoms with van der Waals surface area (Å²) in [4.78, 5) is 28.7. The molecule has 6 nitrogen and oxygen atoms in total. The molecule has 0 spiro atoms. The van der Waals surface area contributed by atoms with Gasteiger partial charge in [0.15, 0.2) is 16.3 Å². The normalized spacial score (nSPS) is 11.0. The third-order valence-electron chi connectivity index (χ3n) is 4.81. The highest BCUT2D eigenvalue weighted by Gasteiger charge is 2.26. The molecule has 0 saturated heterocycles. The molecule has 176 valence electrons. The minimum Gasteiger partial charge on any atom is -0.493 e. The molecule has 0 aliphatic heterocycles. The van der Waals surface area contributed by atoms with Crippen molar-refractivity contribution in [2.75, 3.05) is 33.9 Å². The first kappa shape index (κ1) is 26.3. The van der Waals surface area contributed by atoms with Gasteiger partial charge in [0.05, 0.1) is 27.3 Å². The Kier molecular flexibility index (Phi) is 10.6. The smallest absolute Gasteiger partial charge is 0.256 e. The third kappa shape index (κ3) is 7.87. The van der Waals surface area contributed by atoms with E-state index < -0.39 is 10.7 Å². The van der Waals surface area contributed by atoms with Crippen molar-refractivity contribution in [3.05, 3.63) is 46.2 Å². The molecule has 9 heteroatoms. The van der Waals surface area contributed by atoms with Crippen LogP contribution in [-0.2, 0) is 22.6 Å². The van der Waals surface area contributed by atoms with Crippen LogP contribution in [0.4, 0.5) is 0 Å². The van der Waals surface area contributed by atoms with Gasteiger partial charge in [-0.2, -0.15) is 0 Å². The van der Waals surface area contributed by atoms with Crippen LogP contribution in [-0.4, -0.2) is 60.3 Å². The molecule has 2 aromatic rings. The van der Waals surface area contributed by atoms with Crippen molar-refractivity contribution in [1.29, 1.82) is 0 Å². The number of nitrogens with zero attached hydrogens (tertiary/aromatic N) is 2. The Morgan fingerprint density at radius 3 is 2.34 bits per heavy atom. The molecule has 32 heavy (non-hydrogen) atoms. The maximum atomic E-state index is 13.2. The Balaban J connectivity index is 2.16. The summed E-state index contributed by atoms with van der Waals surface area (Å²) in [5.41, 5.74) is 1.02. The van der Waals surface area contributed by atoms with Gasteiger partial charge in [0.1, 0.15) is 0 Å². The number of hydrogen-bond acceptors (Lipinski definition) is 5. The molecule has 0 radical (unpaired) electrons. The predicted octanol–water partition coefficient (Wildman–Crippen LogP) is 4.62. The first-order chi connectivity index (χ1) is 15.2. The molecule has 2 rings (SSSR count). The summed E-state index contributed by atoms with van der Waals surface area (Å²) in [7, 11) is 3.19. The van der Waals surface area contributed by atoms with Gasteiger partial charge in [-0.05, 0) is 41.5 Å². The first-order valence-electron chi connectivity index (χ1n) is 10.3. The molecule has 0 bridgehead atoms. The van der Waals surface area contributed by atoms with Crippen LogP contribution < -0.4 is 9.47 Å². The second-order valence-electron chi connectivity index (χ2n) is 7.75. The van der Waals surface area contributed by atoms with Crippen molar-refractivity contribution in [2.24, 2.45) is 5.92 Å². The summed E-state index contributed by atoms with van der Waals surface area (Å²) >= 11 is 13.2. The molecular weight excluding hydrogens is 471 g/mol. The van der Waals surface area contributed by atoms with Crippen molar-refractivity contribution in [2.45, 2.75) is 31.6 Å². The average Bonchev–Trinajstić information content (AvgIpc) is 3.28. The highest BCUT2D eigenvalue weighted by atomic mass is 35.5. The van der Waals surface area contributed by atoms with Gasteiger partial charge in [-0.15, -0.1) is 11.3 Å². The van der Waals surface area contributed by atoms with Crippen LogP contribution >= 0.6 is 34.5 Å². The van der Waals surface area contributed by atoms with Gasteiger partial charge >= 0.3 is 0 Å². The monoisotopic (exact) mass is 500 g/mol. The molecule has 0 saturated carbocycles. The van der Waals surface area contributed by atoms with E-state index >= 15 is 0 Å². The fraction of sp³-hybridized carbons (Fsp3) is 0.478. The van der Waals surface area contributed by atoms with Gasteiger partial charge in [-0.3, -0.25) is 9.59 Å². The Morgan fingerprint density at radius 2 is 1.78 bits per heavy atom. The van der Waals surface area contributed by atoms with E-state index in [4.69, 9.17) is 32.7 Å². The van der Waals surface area contributed by atoms with E-state index in [1.807, 2.05) is 49.6 Å². The highest BCUT2D eigenvalue weighted by Crippen LogP contribution is 2.28. The zero-order valence-corrected chi connectivity index (χ0v) is 21.2. The standard InChI is InChI=1S/C23H30Cl2N2O4S/c1-16(2)13-27(23(29)22(24)25)15-21(28)26(14-18-6-5-11-32-18)10-9-17-7-8-19(30-3)20(12-17)31-4/h5-8,11-12,16,22H,9-10,13-15H2,1-4H3. The molecule has 1 aromatic heterocycles. The number of carbonyl (C=O) groups is 2. The second kappa shape index (κ2) is 12.9. The van der Waals surface area contributed by atoms with Crippen LogP contribution in [0.5, 0.6) is 11.5 Å². The minimum absolute atomic E-state index is 0.0652. The predicted molar refractivity (Wildman–Crippen MR) is 130 cm³/mol. The second-order valence-corrected chi connectivity index (χ2v) is 9.88. The van der Waals surface area contributed by atoms with E-state index in [1.165, 1.54) is 4.90 Å². The zero-order chi connectivity index (χ0) is 23.7. The van der Waals surface area contributed by atoms with Crippen LogP contribution in [0.1, 0.15) is 24.3 Å². The lowest BCUT2D eigenvalue weighted by Gasteiger charge is -2.29. The van der Waals surface area contributed by atoms with Gasteiger partial charge in [-0.1, -0.05) is 49.2 Å². The van der Waals surface area contributed by atoms with Crippen LogP contribution in [0.3, 0.4) is 0 Å². The van der Waals surface area contributed by atoms with Crippen molar-refractivity contribution < 1.29 is 19.1 Å². The Bertz CT molecular complexity index is 875. The number of alkyl halides is 2. The Morgan fingerprint density at radius 1 is 1.06 bits per heavy atom. The number of methoxy groups -OCH3 is 2. The molecule has 0 aliphatic carbocycles. The van der Waals surface area contributed by atoms with Gasteiger partial charge in [0, 0.05) is 18.0 Å². The van der Waals surface area contributed by atoms with Crippen molar-refractivity contribution >= 4 is 46.4 Å². The first-order valence-corrected chi connectivity index (χ1v) is 12.1. The number of hydrogen-bond donors (Lipinski definition) is 0. The van der Waals surface area contributed by atoms with E-state index in [-0.39, 0.29) is 18.4 Å². The van der Waals surface area contributed by atoms with Crippen LogP contribution in [0.25, 0.3) is 0 Å². The van der Waals surface area contributed by atoms with E-state index in [9.17, 15) is 9.59 Å². The van der Waals surface area contributed by atoms with Crippen LogP contribution in [0.15, 0.2) is 35.7 Å². The maximum Gasteiger partial charge on any atom is 0.256 e. The fourth-order valence-corrected chi connectivity index (χ4v) is 4.25. The van der Waals surface area contributed by atoms with E-state index in [0.29, 0.717) is 37.6 Å². The lowest BCUT2D eigenvalue weighted by Crippen LogP contribution is -2.46. The van der Waals surface area contributed by atoms with Gasteiger partial charge in [0.25, 0.3) is 5.91 Å². The molecule has 1 aromatic carbocycles. The number of carbonyl (C=O) groups excluding carboxylic acids is 2. The number of thiophene rings is 1. The number of ether oxygens (including phenoxy) is 2. The van der Waals surface area contributed by atoms with E-state index in [2.05, 4.69) is 0 Å². The third-order valence-corrected chi connectivity index (χ3v) is 6.04. The lowest BCUT2D eigenvalue weighted by atomic mass is 10.1. The zero-order valence-electron chi connectivity index (χ0n) is 18.8. The largest absolute Gasteiger partial charge is 0.493 e. The number of halogens is 2. The number of amides is 2. The topological polar surface area (TPSA) is 59.1 Å². The van der Waals surface area contributed by atoms with Crippen LogP contribution in [0, 0.1) is 5.92 Å². The summed E-state index contributed by atoms with van der Waals surface area (Å²) in [5, 5.41) is 1.98. The van der Waals surface area contributed by atoms with E-state index in [1.54, 1.807) is 30.5 Å². The summed E-state index contributed by atoms with van der Waals surface area (Å²) in [6.45, 7) is 5.25. The highest BCUT2D eigenvalue weighted by molar-refractivity contribution is 7.09. The van der Waals surface area contributed by atoms with E-state index in [0.717, 1.165) is 10.4 Å². The van der Waals surface area contributed by atoms with Crippen molar-refractivity contribution in [3.8, 4) is 11.5 Å². The summed E-state index contributed by atoms with van der Waals surface area (Å²) in [6.07, 6.45) is 0.628. The fourth-order valence-electron chi connectivity index (χ4n) is 3.26. The minimum atomic E-state index is -1.20. The molecule has 2 amide bonds. The molecule has 0 aliphatic rings. The van der Waals surface area contributed by atoms with Crippen LogP contribution in [0.2, 0.25) is 0 Å². The van der Waals surface area contributed by atoms with Crippen molar-refractivity contribution in [3.63, 3.8) is 0 Å². The number of benzene rings is 1. The van der Waals surface area contributed by atoms with Gasteiger partial charge in [-0.25, -0.2) is 0 Å². The quantitative estimate of drug-likeness (QED) is 0.398. The molecule has 0 N–H and O–H groups in total. The average molecular weight is 501 g/mol.